The van der Waals surface area contributed by atoms with E-state index in [0.717, 1.165) is 16.5 Å². The van der Waals surface area contributed by atoms with E-state index in [1.807, 2.05) is 22.4 Å². The number of hydrogen-bond acceptors (Lipinski definition) is 7. The fraction of sp³-hybridized carbons (Fsp3) is 0.450. The number of nitrogens with zero attached hydrogens (tertiary/aromatic N) is 7. The van der Waals surface area contributed by atoms with Gasteiger partial charge < -0.3 is 14.2 Å². The monoisotopic (exact) mass is 441 g/mol. The second kappa shape index (κ2) is 7.49. The normalized spacial score (nSPS) is 17.6. The van der Waals surface area contributed by atoms with Crippen molar-refractivity contribution in [2.24, 2.45) is 7.05 Å². The summed E-state index contributed by atoms with van der Waals surface area (Å²) in [5, 5.41) is 15.1. The topological polar surface area (TPSA) is 98.4 Å². The van der Waals surface area contributed by atoms with Crippen molar-refractivity contribution in [1.82, 2.24) is 34.3 Å². The van der Waals surface area contributed by atoms with Crippen LogP contribution in [0.25, 0.3) is 10.7 Å². The predicted octanol–water partition coefficient (Wildman–Crippen LogP) is 1.95. The van der Waals surface area contributed by atoms with Crippen LogP contribution in [-0.4, -0.2) is 73.1 Å². The number of rotatable bonds is 2. The summed E-state index contributed by atoms with van der Waals surface area (Å²) < 4.78 is 8.82. The molecule has 0 aliphatic carbocycles. The van der Waals surface area contributed by atoms with Crippen molar-refractivity contribution in [2.75, 3.05) is 26.7 Å². The average molecular weight is 442 g/mol. The summed E-state index contributed by atoms with van der Waals surface area (Å²) in [6, 6.07) is 5.76. The van der Waals surface area contributed by atoms with E-state index in [9.17, 15) is 9.59 Å². The van der Waals surface area contributed by atoms with Gasteiger partial charge >= 0.3 is 6.09 Å². The van der Waals surface area contributed by atoms with Gasteiger partial charge in [0.2, 0.25) is 0 Å². The number of aromatic nitrogens is 5. The quantitative estimate of drug-likeness (QED) is 0.603. The lowest BCUT2D eigenvalue weighted by atomic mass is 9.84. The van der Waals surface area contributed by atoms with Gasteiger partial charge in [0, 0.05) is 32.9 Å². The second-order valence-electron chi connectivity index (χ2n) is 7.97. The standard InChI is InChI=1S/C20H23N7O3S/c1-24-8-5-14(23-24)18(28)25-9-6-20(7-10-25)13-26(19(29)30-2)12-16-21-22-17(27(16)20)15-4-3-11-31-15/h3-5,8,11H,6-7,9-10,12-13H2,1-2H3. The summed E-state index contributed by atoms with van der Waals surface area (Å²) in [4.78, 5) is 29.8. The third-order valence-electron chi connectivity index (χ3n) is 6.11. The Morgan fingerprint density at radius 3 is 2.61 bits per heavy atom. The molecule has 11 heteroatoms. The molecule has 0 bridgehead atoms. The van der Waals surface area contributed by atoms with Crippen molar-refractivity contribution in [3.63, 3.8) is 0 Å². The molecule has 1 spiro atoms. The molecule has 3 aromatic heterocycles. The summed E-state index contributed by atoms with van der Waals surface area (Å²) in [5.41, 5.74) is 0.0495. The molecular weight excluding hydrogens is 418 g/mol. The van der Waals surface area contributed by atoms with Gasteiger partial charge in [-0.1, -0.05) is 6.07 Å². The number of hydrogen-bond donors (Lipinski definition) is 0. The van der Waals surface area contributed by atoms with E-state index in [4.69, 9.17) is 4.74 Å². The van der Waals surface area contributed by atoms with E-state index in [-0.39, 0.29) is 12.0 Å². The molecule has 31 heavy (non-hydrogen) atoms. The van der Waals surface area contributed by atoms with Crippen LogP contribution in [0, 0.1) is 0 Å². The molecule has 0 saturated carbocycles. The highest BCUT2D eigenvalue weighted by Gasteiger charge is 2.46. The molecule has 0 radical (unpaired) electrons. The zero-order valence-corrected chi connectivity index (χ0v) is 18.2. The number of carbonyl (C=O) groups is 2. The van der Waals surface area contributed by atoms with Gasteiger partial charge in [-0.25, -0.2) is 4.79 Å². The molecular formula is C20H23N7O3S. The zero-order chi connectivity index (χ0) is 21.6. The van der Waals surface area contributed by atoms with Crippen LogP contribution in [0.15, 0.2) is 29.8 Å². The first-order valence-electron chi connectivity index (χ1n) is 10.1. The Kier molecular flexibility index (Phi) is 4.77. The van der Waals surface area contributed by atoms with Gasteiger partial charge in [0.05, 0.1) is 24.1 Å². The van der Waals surface area contributed by atoms with E-state index in [1.54, 1.807) is 40.2 Å². The molecule has 5 heterocycles. The third-order valence-corrected chi connectivity index (χ3v) is 6.98. The minimum Gasteiger partial charge on any atom is -0.453 e. The zero-order valence-electron chi connectivity index (χ0n) is 17.4. The van der Waals surface area contributed by atoms with Crippen LogP contribution in [0.2, 0.25) is 0 Å². The summed E-state index contributed by atoms with van der Waals surface area (Å²) in [5.74, 6) is 1.49. The number of fused-ring (bicyclic) bond motifs is 2. The van der Waals surface area contributed by atoms with Crippen molar-refractivity contribution < 1.29 is 14.3 Å². The fourth-order valence-electron chi connectivity index (χ4n) is 4.59. The maximum atomic E-state index is 12.9. The highest BCUT2D eigenvalue weighted by molar-refractivity contribution is 7.13. The number of methoxy groups -OCH3 is 1. The molecule has 3 aromatic rings. The van der Waals surface area contributed by atoms with Gasteiger partial charge in [0.25, 0.3) is 5.91 Å². The fourth-order valence-corrected chi connectivity index (χ4v) is 5.29. The predicted molar refractivity (Wildman–Crippen MR) is 112 cm³/mol. The Morgan fingerprint density at radius 2 is 1.97 bits per heavy atom. The molecule has 0 unspecified atom stereocenters. The number of likely N-dealkylation sites (tertiary alicyclic amines) is 1. The highest BCUT2D eigenvalue weighted by atomic mass is 32.1. The van der Waals surface area contributed by atoms with Gasteiger partial charge in [-0.05, 0) is 30.4 Å². The molecule has 2 aliphatic rings. The lowest BCUT2D eigenvalue weighted by molar-refractivity contribution is 0.0314. The maximum Gasteiger partial charge on any atom is 0.409 e. The van der Waals surface area contributed by atoms with Gasteiger partial charge in [0.15, 0.2) is 11.6 Å². The van der Waals surface area contributed by atoms with Crippen LogP contribution in [0.3, 0.4) is 0 Å². The van der Waals surface area contributed by atoms with E-state index in [2.05, 4.69) is 19.9 Å². The first-order chi connectivity index (χ1) is 15.0. The Morgan fingerprint density at radius 1 is 1.16 bits per heavy atom. The molecule has 0 N–H and O–H groups in total. The Bertz CT molecular complexity index is 1110. The van der Waals surface area contributed by atoms with Crippen molar-refractivity contribution in [3.05, 3.63) is 41.3 Å². The van der Waals surface area contributed by atoms with E-state index >= 15 is 0 Å². The van der Waals surface area contributed by atoms with Gasteiger partial charge in [-0.3, -0.25) is 14.4 Å². The molecule has 1 saturated heterocycles. The molecule has 0 aromatic carbocycles. The third kappa shape index (κ3) is 3.29. The van der Waals surface area contributed by atoms with E-state index in [1.165, 1.54) is 7.11 Å². The van der Waals surface area contributed by atoms with Gasteiger partial charge in [0.1, 0.15) is 5.69 Å². The Labute approximate surface area is 183 Å². The second-order valence-corrected chi connectivity index (χ2v) is 8.92. The molecule has 1 fully saturated rings. The van der Waals surface area contributed by atoms with Crippen molar-refractivity contribution in [2.45, 2.75) is 24.9 Å². The Balaban J connectivity index is 1.47. The lowest BCUT2D eigenvalue weighted by Gasteiger charge is -2.48. The van der Waals surface area contributed by atoms with Crippen molar-refractivity contribution in [3.8, 4) is 10.7 Å². The van der Waals surface area contributed by atoms with Gasteiger partial charge in [-0.2, -0.15) is 5.10 Å². The Hall–Kier alpha value is -3.21. The van der Waals surface area contributed by atoms with Crippen LogP contribution in [0.4, 0.5) is 4.79 Å². The molecule has 162 valence electrons. The number of amides is 2. The molecule has 2 amide bonds. The number of aryl methyl sites for hydroxylation is 1. The molecule has 5 rings (SSSR count). The van der Waals surface area contributed by atoms with Crippen molar-refractivity contribution in [1.29, 1.82) is 0 Å². The van der Waals surface area contributed by atoms with Crippen LogP contribution in [0.1, 0.15) is 29.2 Å². The maximum absolute atomic E-state index is 12.9. The van der Waals surface area contributed by atoms with Crippen LogP contribution in [-0.2, 0) is 23.9 Å². The minimum atomic E-state index is -0.397. The van der Waals surface area contributed by atoms with Crippen molar-refractivity contribution >= 4 is 23.3 Å². The molecule has 0 atom stereocenters. The lowest BCUT2D eigenvalue weighted by Crippen LogP contribution is -2.57. The van der Waals surface area contributed by atoms with Crippen LogP contribution in [0.5, 0.6) is 0 Å². The summed E-state index contributed by atoms with van der Waals surface area (Å²) in [7, 11) is 3.19. The first kappa shape index (κ1) is 19.7. The first-order valence-corrected chi connectivity index (χ1v) is 11.0. The van der Waals surface area contributed by atoms with Crippen LogP contribution < -0.4 is 0 Å². The molecule has 2 aliphatic heterocycles. The summed E-state index contributed by atoms with van der Waals surface area (Å²) in [6.45, 7) is 1.97. The van der Waals surface area contributed by atoms with E-state index in [0.29, 0.717) is 44.7 Å². The summed E-state index contributed by atoms with van der Waals surface area (Å²) >= 11 is 1.61. The number of ether oxygens (including phenoxy) is 1. The number of thiophene rings is 1. The number of piperidine rings is 1. The summed E-state index contributed by atoms with van der Waals surface area (Å²) in [6.07, 6.45) is 2.76. The SMILES string of the molecule is COC(=O)N1Cc2nnc(-c3cccs3)n2C2(CCN(C(=O)c3ccn(C)n3)CC2)C1. The molecule has 10 nitrogen and oxygen atoms in total. The number of carbonyl (C=O) groups excluding carboxylic acids is 2. The van der Waals surface area contributed by atoms with Crippen LogP contribution >= 0.6 is 11.3 Å². The largest absolute Gasteiger partial charge is 0.453 e. The average Bonchev–Trinajstić information content (AvgIpc) is 3.53. The van der Waals surface area contributed by atoms with E-state index < -0.39 is 5.54 Å². The smallest absolute Gasteiger partial charge is 0.409 e. The minimum absolute atomic E-state index is 0.0708. The van der Waals surface area contributed by atoms with Gasteiger partial charge in [-0.15, -0.1) is 21.5 Å². The highest BCUT2D eigenvalue weighted by Crippen LogP contribution is 2.40.